The lowest BCUT2D eigenvalue weighted by molar-refractivity contribution is -0.275. The highest BCUT2D eigenvalue weighted by Crippen LogP contribution is 2.31. The van der Waals surface area contributed by atoms with Gasteiger partial charge in [-0.25, -0.2) is 4.98 Å². The highest BCUT2D eigenvalue weighted by molar-refractivity contribution is 14.1. The summed E-state index contributed by atoms with van der Waals surface area (Å²) in [6, 6.07) is 0. The maximum absolute atomic E-state index is 12.2. The summed E-state index contributed by atoms with van der Waals surface area (Å²) in [5, 5.41) is 8.58. The second-order valence-corrected chi connectivity index (χ2v) is 4.17. The lowest BCUT2D eigenvalue weighted by atomic mass is 10.1. The average Bonchev–Trinajstić information content (AvgIpc) is 2.15. The topological polar surface area (TPSA) is 59.4 Å². The van der Waals surface area contributed by atoms with E-state index >= 15 is 0 Å². The summed E-state index contributed by atoms with van der Waals surface area (Å²) in [5.41, 5.74) is 0.0643. The number of ether oxygens (including phenoxy) is 1. The SMILES string of the molecule is Cc1c(I)ncc(CC(=O)O)c1OC(F)(F)F. The first-order valence-electron chi connectivity index (χ1n) is 4.32. The molecular formula is C9H7F3INO3. The number of carbonyl (C=O) groups is 1. The van der Waals surface area contributed by atoms with E-state index < -0.39 is 24.5 Å². The summed E-state index contributed by atoms with van der Waals surface area (Å²) in [5.74, 6) is -1.74. The molecule has 0 atom stereocenters. The van der Waals surface area contributed by atoms with E-state index in [-0.39, 0.29) is 11.1 Å². The van der Waals surface area contributed by atoms with E-state index in [0.29, 0.717) is 3.70 Å². The van der Waals surface area contributed by atoms with Crippen molar-refractivity contribution in [3.05, 3.63) is 21.0 Å². The first-order chi connectivity index (χ1) is 7.70. The molecule has 0 spiro atoms. The van der Waals surface area contributed by atoms with E-state index in [0.717, 1.165) is 6.20 Å². The Morgan fingerprint density at radius 3 is 2.65 bits per heavy atom. The van der Waals surface area contributed by atoms with Crippen LogP contribution in [-0.4, -0.2) is 22.4 Å². The normalized spacial score (nSPS) is 11.4. The van der Waals surface area contributed by atoms with Crippen LogP contribution in [0.25, 0.3) is 0 Å². The van der Waals surface area contributed by atoms with Crippen LogP contribution in [0, 0.1) is 10.6 Å². The minimum Gasteiger partial charge on any atom is -0.481 e. The molecule has 0 fully saturated rings. The third-order valence-electron chi connectivity index (χ3n) is 1.83. The standard InChI is InChI=1S/C9H7F3INO3/c1-4-7(17-9(10,11)12)5(2-6(15)16)3-14-8(4)13/h3H,2H2,1H3,(H,15,16). The van der Waals surface area contributed by atoms with Crippen molar-refractivity contribution in [2.24, 2.45) is 0 Å². The Hall–Kier alpha value is -1.06. The first kappa shape index (κ1) is 14.0. The summed E-state index contributed by atoms with van der Waals surface area (Å²) in [6.45, 7) is 1.39. The number of hydrogen-bond donors (Lipinski definition) is 1. The molecule has 1 N–H and O–H groups in total. The Morgan fingerprint density at radius 1 is 1.59 bits per heavy atom. The zero-order valence-corrected chi connectivity index (χ0v) is 10.7. The zero-order valence-electron chi connectivity index (χ0n) is 8.51. The van der Waals surface area contributed by atoms with Crippen LogP contribution in [0.2, 0.25) is 0 Å². The van der Waals surface area contributed by atoms with Crippen molar-refractivity contribution in [1.82, 2.24) is 4.98 Å². The first-order valence-corrected chi connectivity index (χ1v) is 5.40. The minimum atomic E-state index is -4.86. The van der Waals surface area contributed by atoms with Crippen molar-refractivity contribution in [3.63, 3.8) is 0 Å². The van der Waals surface area contributed by atoms with Crippen LogP contribution < -0.4 is 4.74 Å². The van der Waals surface area contributed by atoms with Crippen molar-refractivity contribution >= 4 is 28.6 Å². The van der Waals surface area contributed by atoms with Gasteiger partial charge in [0, 0.05) is 17.3 Å². The van der Waals surface area contributed by atoms with Gasteiger partial charge < -0.3 is 9.84 Å². The molecule has 1 aromatic rings. The molecule has 8 heteroatoms. The molecule has 94 valence electrons. The molecule has 1 aromatic heterocycles. The van der Waals surface area contributed by atoms with Gasteiger partial charge >= 0.3 is 12.3 Å². The van der Waals surface area contributed by atoms with Gasteiger partial charge in [-0.3, -0.25) is 4.79 Å². The summed E-state index contributed by atoms with van der Waals surface area (Å²) in [4.78, 5) is 14.3. The van der Waals surface area contributed by atoms with Gasteiger partial charge in [-0.15, -0.1) is 13.2 Å². The van der Waals surface area contributed by atoms with E-state index in [4.69, 9.17) is 5.11 Å². The Bertz CT molecular complexity index is 448. The van der Waals surface area contributed by atoms with Gasteiger partial charge in [0.2, 0.25) is 0 Å². The zero-order chi connectivity index (χ0) is 13.2. The van der Waals surface area contributed by atoms with E-state index in [2.05, 4.69) is 9.72 Å². The predicted molar refractivity (Wildman–Crippen MR) is 59.7 cm³/mol. The number of halogens is 4. The molecule has 0 aliphatic carbocycles. The highest BCUT2D eigenvalue weighted by atomic mass is 127. The number of pyridine rings is 1. The number of aliphatic carboxylic acids is 1. The van der Waals surface area contributed by atoms with E-state index in [9.17, 15) is 18.0 Å². The summed E-state index contributed by atoms with van der Waals surface area (Å²) in [7, 11) is 0. The third kappa shape index (κ3) is 4.02. The monoisotopic (exact) mass is 361 g/mol. The maximum atomic E-state index is 12.2. The molecule has 4 nitrogen and oxygen atoms in total. The van der Waals surface area contributed by atoms with Crippen molar-refractivity contribution in [2.45, 2.75) is 19.7 Å². The summed E-state index contributed by atoms with van der Waals surface area (Å²) in [6.07, 6.45) is -4.36. The molecule has 1 rings (SSSR count). The average molecular weight is 361 g/mol. The van der Waals surface area contributed by atoms with Gasteiger partial charge in [-0.1, -0.05) is 0 Å². The lowest BCUT2D eigenvalue weighted by Gasteiger charge is -2.15. The molecular weight excluding hydrogens is 354 g/mol. The number of carboxylic acid groups (broad SMARTS) is 1. The smallest absolute Gasteiger partial charge is 0.481 e. The second kappa shape index (κ2) is 5.07. The molecule has 0 aliphatic heterocycles. The quantitative estimate of drug-likeness (QED) is 0.664. The van der Waals surface area contributed by atoms with Gasteiger partial charge in [0.15, 0.2) is 0 Å². The van der Waals surface area contributed by atoms with Crippen molar-refractivity contribution < 1.29 is 27.8 Å². The van der Waals surface area contributed by atoms with Crippen LogP contribution in [0.3, 0.4) is 0 Å². The number of rotatable bonds is 3. The van der Waals surface area contributed by atoms with Gasteiger partial charge in [0.25, 0.3) is 0 Å². The van der Waals surface area contributed by atoms with Gasteiger partial charge in [-0.05, 0) is 29.5 Å². The lowest BCUT2D eigenvalue weighted by Crippen LogP contribution is -2.20. The number of carboxylic acids is 1. The fourth-order valence-corrected chi connectivity index (χ4v) is 1.56. The number of aromatic nitrogens is 1. The van der Waals surface area contributed by atoms with Crippen LogP contribution in [0.5, 0.6) is 5.75 Å². The van der Waals surface area contributed by atoms with Crippen LogP contribution in [0.15, 0.2) is 6.20 Å². The molecule has 0 saturated heterocycles. The van der Waals surface area contributed by atoms with Crippen molar-refractivity contribution in [1.29, 1.82) is 0 Å². The van der Waals surface area contributed by atoms with E-state index in [1.54, 1.807) is 22.6 Å². The Kier molecular flexibility index (Phi) is 4.17. The van der Waals surface area contributed by atoms with E-state index in [1.165, 1.54) is 6.92 Å². The Balaban J connectivity index is 3.21. The Morgan fingerprint density at radius 2 is 2.18 bits per heavy atom. The highest BCUT2D eigenvalue weighted by Gasteiger charge is 2.33. The number of nitrogens with zero attached hydrogens (tertiary/aromatic N) is 1. The molecule has 17 heavy (non-hydrogen) atoms. The van der Waals surface area contributed by atoms with Crippen LogP contribution in [0.4, 0.5) is 13.2 Å². The number of hydrogen-bond acceptors (Lipinski definition) is 3. The van der Waals surface area contributed by atoms with Gasteiger partial charge in [0.1, 0.15) is 9.45 Å². The van der Waals surface area contributed by atoms with Crippen molar-refractivity contribution in [2.75, 3.05) is 0 Å². The molecule has 0 bridgehead atoms. The van der Waals surface area contributed by atoms with E-state index in [1.807, 2.05) is 0 Å². The third-order valence-corrected chi connectivity index (χ3v) is 2.92. The maximum Gasteiger partial charge on any atom is 0.573 e. The largest absolute Gasteiger partial charge is 0.573 e. The summed E-state index contributed by atoms with van der Waals surface area (Å²) >= 11 is 1.75. The van der Waals surface area contributed by atoms with Gasteiger partial charge in [-0.2, -0.15) is 0 Å². The molecule has 0 aliphatic rings. The molecule has 0 aromatic carbocycles. The summed E-state index contributed by atoms with van der Waals surface area (Å²) < 4.78 is 40.7. The molecule has 1 heterocycles. The van der Waals surface area contributed by atoms with Gasteiger partial charge in [0.05, 0.1) is 6.42 Å². The fraction of sp³-hybridized carbons (Fsp3) is 0.333. The minimum absolute atomic E-state index is 0.104. The van der Waals surface area contributed by atoms with Crippen LogP contribution in [0.1, 0.15) is 11.1 Å². The fourth-order valence-electron chi connectivity index (χ4n) is 1.17. The molecule has 0 amide bonds. The van der Waals surface area contributed by atoms with Crippen molar-refractivity contribution in [3.8, 4) is 5.75 Å². The molecule has 0 saturated carbocycles. The number of alkyl halides is 3. The molecule has 0 radical (unpaired) electrons. The van der Waals surface area contributed by atoms with Crippen LogP contribution in [-0.2, 0) is 11.2 Å². The Labute approximate surface area is 108 Å². The molecule has 0 unspecified atom stereocenters. The van der Waals surface area contributed by atoms with Crippen LogP contribution >= 0.6 is 22.6 Å². The second-order valence-electron chi connectivity index (χ2n) is 3.15. The predicted octanol–water partition coefficient (Wildman–Crippen LogP) is 2.52.